The number of benzene rings is 3. The first-order chi connectivity index (χ1) is 12.5. The fraction of sp³-hybridized carbons (Fsp3) is 0.143. The maximum absolute atomic E-state index is 13.8. The van der Waals surface area contributed by atoms with Gasteiger partial charge in [-0.3, -0.25) is 0 Å². The Morgan fingerprint density at radius 2 is 1.73 bits per heavy atom. The van der Waals surface area contributed by atoms with E-state index in [0.29, 0.717) is 22.9 Å². The van der Waals surface area contributed by atoms with E-state index in [4.69, 9.17) is 27.9 Å². The van der Waals surface area contributed by atoms with Crippen molar-refractivity contribution in [3.05, 3.63) is 93.2 Å². The molecule has 0 atom stereocenters. The van der Waals surface area contributed by atoms with E-state index in [2.05, 4.69) is 5.32 Å². The minimum absolute atomic E-state index is 0.0883. The van der Waals surface area contributed by atoms with E-state index in [1.165, 1.54) is 6.07 Å². The van der Waals surface area contributed by atoms with Crippen LogP contribution in [0.15, 0.2) is 60.7 Å². The Kier molecular flexibility index (Phi) is 6.02. The van der Waals surface area contributed by atoms with Crippen LogP contribution in [-0.2, 0) is 13.2 Å². The Morgan fingerprint density at radius 3 is 2.42 bits per heavy atom. The van der Waals surface area contributed by atoms with E-state index in [-0.39, 0.29) is 12.4 Å². The van der Waals surface area contributed by atoms with E-state index < -0.39 is 0 Å². The van der Waals surface area contributed by atoms with Gasteiger partial charge in [-0.25, -0.2) is 4.39 Å². The molecule has 0 aliphatic heterocycles. The van der Waals surface area contributed by atoms with Gasteiger partial charge in [0.25, 0.3) is 0 Å². The largest absolute Gasteiger partial charge is 0.489 e. The fourth-order valence-corrected chi connectivity index (χ4v) is 2.83. The van der Waals surface area contributed by atoms with E-state index in [9.17, 15) is 4.39 Å². The summed E-state index contributed by atoms with van der Waals surface area (Å²) in [5.74, 6) is 0.293. The summed E-state index contributed by atoms with van der Waals surface area (Å²) in [5, 5.41) is 4.43. The molecule has 0 bridgehead atoms. The molecule has 0 aromatic heterocycles. The number of hydrogen-bond donors (Lipinski definition) is 1. The predicted octanol–water partition coefficient (Wildman–Crippen LogP) is 6.63. The number of hydrogen-bond acceptors (Lipinski definition) is 2. The van der Waals surface area contributed by atoms with E-state index in [0.717, 1.165) is 21.8 Å². The number of nitrogens with one attached hydrogen (secondary N) is 1. The van der Waals surface area contributed by atoms with Gasteiger partial charge in [-0.05, 0) is 54.4 Å². The molecule has 5 heteroatoms. The number of ether oxygens (including phenoxy) is 1. The molecule has 0 aliphatic rings. The average Bonchev–Trinajstić information content (AvgIpc) is 2.63. The van der Waals surface area contributed by atoms with Gasteiger partial charge in [0.15, 0.2) is 0 Å². The second kappa shape index (κ2) is 8.43. The van der Waals surface area contributed by atoms with Gasteiger partial charge < -0.3 is 10.1 Å². The molecule has 0 saturated carbocycles. The van der Waals surface area contributed by atoms with Crippen LogP contribution < -0.4 is 10.1 Å². The molecule has 1 N–H and O–H groups in total. The van der Waals surface area contributed by atoms with Gasteiger partial charge >= 0.3 is 0 Å². The molecule has 3 aromatic rings. The van der Waals surface area contributed by atoms with Crippen molar-refractivity contribution in [2.45, 2.75) is 20.1 Å². The SMILES string of the molecule is Cc1ccc(NCc2ccc(OCc3c(F)cccc3Cl)cc2)cc1Cl. The molecule has 0 spiro atoms. The zero-order chi connectivity index (χ0) is 18.5. The Balaban J connectivity index is 1.57. The van der Waals surface area contributed by atoms with Crippen LogP contribution in [0.25, 0.3) is 0 Å². The van der Waals surface area contributed by atoms with E-state index in [1.54, 1.807) is 12.1 Å². The lowest BCUT2D eigenvalue weighted by atomic mass is 10.2. The first-order valence-corrected chi connectivity index (χ1v) is 8.93. The van der Waals surface area contributed by atoms with Gasteiger partial charge in [0.2, 0.25) is 0 Å². The molecule has 0 amide bonds. The summed E-state index contributed by atoms with van der Waals surface area (Å²) >= 11 is 12.1. The van der Waals surface area contributed by atoms with E-state index in [1.807, 2.05) is 49.4 Å². The van der Waals surface area contributed by atoms with Crippen molar-refractivity contribution < 1.29 is 9.13 Å². The third-order valence-electron chi connectivity index (χ3n) is 4.04. The summed E-state index contributed by atoms with van der Waals surface area (Å²) in [5.41, 5.74) is 3.47. The number of aryl methyl sites for hydroxylation is 1. The molecule has 3 aromatic carbocycles. The summed E-state index contributed by atoms with van der Waals surface area (Å²) in [4.78, 5) is 0. The molecule has 26 heavy (non-hydrogen) atoms. The monoisotopic (exact) mass is 389 g/mol. The first-order valence-electron chi connectivity index (χ1n) is 8.17. The van der Waals surface area contributed by atoms with Gasteiger partial charge in [0.05, 0.1) is 5.02 Å². The highest BCUT2D eigenvalue weighted by Crippen LogP contribution is 2.23. The van der Waals surface area contributed by atoms with Crippen LogP contribution in [-0.4, -0.2) is 0 Å². The first kappa shape index (κ1) is 18.6. The Hall–Kier alpha value is -2.23. The Labute approximate surface area is 162 Å². The van der Waals surface area contributed by atoms with Crippen molar-refractivity contribution in [2.75, 3.05) is 5.32 Å². The zero-order valence-corrected chi connectivity index (χ0v) is 15.7. The van der Waals surface area contributed by atoms with Crippen molar-refractivity contribution >= 4 is 28.9 Å². The smallest absolute Gasteiger partial charge is 0.131 e. The quantitative estimate of drug-likeness (QED) is 0.510. The summed E-state index contributed by atoms with van der Waals surface area (Å²) in [6, 6.07) is 18.1. The van der Waals surface area contributed by atoms with Crippen molar-refractivity contribution in [1.29, 1.82) is 0 Å². The number of rotatable bonds is 6. The molecule has 0 unspecified atom stereocenters. The fourth-order valence-electron chi connectivity index (χ4n) is 2.44. The normalized spacial score (nSPS) is 10.6. The summed E-state index contributed by atoms with van der Waals surface area (Å²) in [6.45, 7) is 2.73. The Morgan fingerprint density at radius 1 is 0.962 bits per heavy atom. The molecule has 0 aliphatic carbocycles. The van der Waals surface area contributed by atoms with Crippen molar-refractivity contribution in [1.82, 2.24) is 0 Å². The number of anilines is 1. The summed E-state index contributed by atoms with van der Waals surface area (Å²) in [7, 11) is 0. The maximum Gasteiger partial charge on any atom is 0.131 e. The molecule has 0 radical (unpaired) electrons. The second-order valence-corrected chi connectivity index (χ2v) is 6.76. The summed E-state index contributed by atoms with van der Waals surface area (Å²) < 4.78 is 19.4. The van der Waals surface area contributed by atoms with Gasteiger partial charge in [0, 0.05) is 22.8 Å². The van der Waals surface area contributed by atoms with Crippen LogP contribution in [0.4, 0.5) is 10.1 Å². The maximum atomic E-state index is 13.8. The van der Waals surface area contributed by atoms with Crippen LogP contribution >= 0.6 is 23.2 Å². The molecule has 3 rings (SSSR count). The minimum atomic E-state index is -0.366. The van der Waals surface area contributed by atoms with Crippen LogP contribution in [0.3, 0.4) is 0 Å². The summed E-state index contributed by atoms with van der Waals surface area (Å²) in [6.07, 6.45) is 0. The van der Waals surface area contributed by atoms with Gasteiger partial charge in [-0.2, -0.15) is 0 Å². The molecular formula is C21H18Cl2FNO. The molecule has 134 valence electrons. The molecule has 0 fully saturated rings. The van der Waals surface area contributed by atoms with E-state index >= 15 is 0 Å². The van der Waals surface area contributed by atoms with Crippen molar-refractivity contribution in [3.63, 3.8) is 0 Å². The highest BCUT2D eigenvalue weighted by molar-refractivity contribution is 6.31. The van der Waals surface area contributed by atoms with Crippen LogP contribution in [0, 0.1) is 12.7 Å². The van der Waals surface area contributed by atoms with Gasteiger partial charge in [0.1, 0.15) is 18.2 Å². The van der Waals surface area contributed by atoms with Crippen molar-refractivity contribution in [3.8, 4) is 5.75 Å². The highest BCUT2D eigenvalue weighted by Gasteiger charge is 2.07. The van der Waals surface area contributed by atoms with Crippen LogP contribution in [0.1, 0.15) is 16.7 Å². The second-order valence-electron chi connectivity index (χ2n) is 5.95. The predicted molar refractivity (Wildman–Crippen MR) is 106 cm³/mol. The molecule has 0 saturated heterocycles. The van der Waals surface area contributed by atoms with Crippen LogP contribution in [0.5, 0.6) is 5.75 Å². The zero-order valence-electron chi connectivity index (χ0n) is 14.2. The third kappa shape index (κ3) is 4.69. The molecule has 2 nitrogen and oxygen atoms in total. The van der Waals surface area contributed by atoms with Gasteiger partial charge in [-0.15, -0.1) is 0 Å². The standard InChI is InChI=1S/C21H18Cl2FNO/c1-14-5-8-16(11-20(14)23)25-12-15-6-9-17(10-7-15)26-13-18-19(22)3-2-4-21(18)24/h2-11,25H,12-13H2,1H3. The minimum Gasteiger partial charge on any atom is -0.489 e. The highest BCUT2D eigenvalue weighted by atomic mass is 35.5. The van der Waals surface area contributed by atoms with Gasteiger partial charge in [-0.1, -0.05) is 47.5 Å². The molecular weight excluding hydrogens is 372 g/mol. The average molecular weight is 390 g/mol. The van der Waals surface area contributed by atoms with Crippen molar-refractivity contribution in [2.24, 2.45) is 0 Å². The lowest BCUT2D eigenvalue weighted by molar-refractivity contribution is 0.300. The lowest BCUT2D eigenvalue weighted by Crippen LogP contribution is -2.01. The molecule has 0 heterocycles. The third-order valence-corrected chi connectivity index (χ3v) is 4.80. The lowest BCUT2D eigenvalue weighted by Gasteiger charge is -2.11. The topological polar surface area (TPSA) is 21.3 Å². The van der Waals surface area contributed by atoms with Crippen LogP contribution in [0.2, 0.25) is 10.0 Å². The number of halogens is 3. The Bertz CT molecular complexity index is 877.